The number of anilines is 2. The van der Waals surface area contributed by atoms with E-state index in [1.807, 2.05) is 30.3 Å². The van der Waals surface area contributed by atoms with Gasteiger partial charge in [0.2, 0.25) is 11.8 Å². The van der Waals surface area contributed by atoms with Crippen molar-refractivity contribution >= 4 is 29.2 Å². The van der Waals surface area contributed by atoms with Crippen LogP contribution in [-0.2, 0) is 21.8 Å². The Bertz CT molecular complexity index is 1190. The lowest BCUT2D eigenvalue weighted by molar-refractivity contribution is -0.116. The summed E-state index contributed by atoms with van der Waals surface area (Å²) >= 11 is 1.28. The summed E-state index contributed by atoms with van der Waals surface area (Å²) in [4.78, 5) is 46.0. The van der Waals surface area contributed by atoms with Crippen molar-refractivity contribution in [3.05, 3.63) is 68.4 Å². The highest BCUT2D eigenvalue weighted by molar-refractivity contribution is 7.99. The van der Waals surface area contributed by atoms with Gasteiger partial charge in [-0.3, -0.25) is 19.1 Å². The number of rotatable bonds is 11. The van der Waals surface area contributed by atoms with Crippen molar-refractivity contribution in [3.8, 4) is 0 Å². The molecule has 0 saturated carbocycles. The number of aromatic amines is 1. The van der Waals surface area contributed by atoms with Gasteiger partial charge in [0.1, 0.15) is 5.82 Å². The van der Waals surface area contributed by atoms with Crippen LogP contribution in [0.5, 0.6) is 0 Å². The number of methoxy groups -OCH3 is 1. The Balaban J connectivity index is 1.86. The van der Waals surface area contributed by atoms with Gasteiger partial charge in [0, 0.05) is 27.2 Å². The van der Waals surface area contributed by atoms with Crippen molar-refractivity contribution < 1.29 is 14.1 Å². The van der Waals surface area contributed by atoms with Crippen molar-refractivity contribution in [2.45, 2.75) is 25.6 Å². The molecule has 1 amide bonds. The first-order valence-electron chi connectivity index (χ1n) is 10.2. The standard InChI is InChI=1S/C21H26N6O5S/c1-14-23-16(25-32-14)12-33-13-17(28)26(9-6-10-31-2)18-19(22)27(21(30)24-20(18)29)11-15-7-4-3-5-8-15/h3-5,7-8H,6,9-13,22H2,1-2H3,(H,24,29,30). The largest absolute Gasteiger partial charge is 0.385 e. The first-order chi connectivity index (χ1) is 15.9. The lowest BCUT2D eigenvalue weighted by Crippen LogP contribution is -2.42. The smallest absolute Gasteiger partial charge is 0.330 e. The molecule has 0 aliphatic heterocycles. The lowest BCUT2D eigenvalue weighted by atomic mass is 10.2. The number of H-pyrrole nitrogens is 1. The maximum absolute atomic E-state index is 13.1. The maximum Gasteiger partial charge on any atom is 0.330 e. The summed E-state index contributed by atoms with van der Waals surface area (Å²) in [7, 11) is 1.55. The third-order valence-electron chi connectivity index (χ3n) is 4.73. The van der Waals surface area contributed by atoms with E-state index in [2.05, 4.69) is 15.1 Å². The summed E-state index contributed by atoms with van der Waals surface area (Å²) in [6.07, 6.45) is 0.480. The minimum atomic E-state index is -0.716. The molecule has 1 aromatic carbocycles. The van der Waals surface area contributed by atoms with Crippen molar-refractivity contribution in [2.75, 3.05) is 36.6 Å². The van der Waals surface area contributed by atoms with Crippen molar-refractivity contribution in [2.24, 2.45) is 0 Å². The second-order valence-corrected chi connectivity index (χ2v) is 8.16. The number of benzene rings is 1. The number of aromatic nitrogens is 4. The fraction of sp³-hybridized carbons (Fsp3) is 0.381. The quantitative estimate of drug-likeness (QED) is 0.390. The Morgan fingerprint density at radius 3 is 2.73 bits per heavy atom. The topological polar surface area (TPSA) is 149 Å². The Hall–Kier alpha value is -3.38. The molecule has 33 heavy (non-hydrogen) atoms. The highest BCUT2D eigenvalue weighted by atomic mass is 32.2. The number of nitrogens with two attached hydrogens (primary N) is 1. The molecule has 3 N–H and O–H groups in total. The summed E-state index contributed by atoms with van der Waals surface area (Å²) < 4.78 is 11.3. The van der Waals surface area contributed by atoms with Gasteiger partial charge in [0.15, 0.2) is 11.5 Å². The SMILES string of the molecule is COCCCN(C(=O)CSCc1noc(C)n1)c1c(N)n(Cc2ccccc2)c(=O)[nH]c1=O. The van der Waals surface area contributed by atoms with E-state index in [0.29, 0.717) is 30.5 Å². The molecule has 0 aliphatic rings. The van der Waals surface area contributed by atoms with Crippen molar-refractivity contribution in [1.82, 2.24) is 19.7 Å². The molecule has 0 unspecified atom stereocenters. The molecule has 0 bridgehead atoms. The van der Waals surface area contributed by atoms with Gasteiger partial charge in [0.05, 0.1) is 18.1 Å². The van der Waals surface area contributed by atoms with Gasteiger partial charge < -0.3 is 19.9 Å². The summed E-state index contributed by atoms with van der Waals surface area (Å²) in [5, 5.41) is 3.80. The molecule has 176 valence electrons. The van der Waals surface area contributed by atoms with Crippen molar-refractivity contribution in [1.29, 1.82) is 0 Å². The number of aryl methyl sites for hydroxylation is 1. The van der Waals surface area contributed by atoms with Crippen LogP contribution in [0.3, 0.4) is 0 Å². The van der Waals surface area contributed by atoms with Crippen LogP contribution < -0.4 is 21.9 Å². The first-order valence-corrected chi connectivity index (χ1v) is 11.4. The van der Waals surface area contributed by atoms with E-state index in [4.69, 9.17) is 15.0 Å². The zero-order valence-electron chi connectivity index (χ0n) is 18.4. The third-order valence-corrected chi connectivity index (χ3v) is 5.64. The molecule has 0 saturated heterocycles. The molecule has 12 heteroatoms. The molecular formula is C21H26N6O5S. The van der Waals surface area contributed by atoms with Crippen LogP contribution in [0.15, 0.2) is 44.4 Å². The van der Waals surface area contributed by atoms with E-state index < -0.39 is 11.2 Å². The molecule has 0 fully saturated rings. The molecule has 0 spiro atoms. The van der Waals surface area contributed by atoms with Crippen LogP contribution in [0.25, 0.3) is 0 Å². The third kappa shape index (κ3) is 6.33. The lowest BCUT2D eigenvalue weighted by Gasteiger charge is -2.24. The second-order valence-electron chi connectivity index (χ2n) is 7.18. The van der Waals surface area contributed by atoms with Gasteiger partial charge in [-0.2, -0.15) is 4.98 Å². The van der Waals surface area contributed by atoms with E-state index in [1.54, 1.807) is 14.0 Å². The zero-order valence-corrected chi connectivity index (χ0v) is 19.3. The van der Waals surface area contributed by atoms with Crippen LogP contribution in [0.1, 0.15) is 23.7 Å². The number of amides is 1. The number of hydrogen-bond donors (Lipinski definition) is 2. The Labute approximate surface area is 193 Å². The average molecular weight is 475 g/mol. The summed E-state index contributed by atoms with van der Waals surface area (Å²) in [6.45, 7) is 2.43. The Morgan fingerprint density at radius 2 is 2.06 bits per heavy atom. The summed E-state index contributed by atoms with van der Waals surface area (Å²) in [5.74, 6) is 0.935. The van der Waals surface area contributed by atoms with Gasteiger partial charge in [-0.25, -0.2) is 4.79 Å². The molecule has 3 aromatic rings. The van der Waals surface area contributed by atoms with Crippen LogP contribution >= 0.6 is 11.8 Å². The van der Waals surface area contributed by atoms with E-state index in [9.17, 15) is 14.4 Å². The zero-order chi connectivity index (χ0) is 23.8. The van der Waals surface area contributed by atoms with Gasteiger partial charge in [-0.1, -0.05) is 35.5 Å². The average Bonchev–Trinajstić information content (AvgIpc) is 3.21. The molecule has 0 atom stereocenters. The minimum Gasteiger partial charge on any atom is -0.385 e. The molecule has 0 radical (unpaired) electrons. The van der Waals surface area contributed by atoms with Gasteiger partial charge in [0.25, 0.3) is 5.56 Å². The van der Waals surface area contributed by atoms with Crippen LogP contribution in [-0.4, -0.2) is 51.6 Å². The second kappa shape index (κ2) is 11.5. The predicted molar refractivity (Wildman–Crippen MR) is 125 cm³/mol. The van der Waals surface area contributed by atoms with E-state index in [0.717, 1.165) is 5.56 Å². The molecule has 2 aromatic heterocycles. The fourth-order valence-corrected chi connectivity index (χ4v) is 3.93. The van der Waals surface area contributed by atoms with Crippen LogP contribution in [0.2, 0.25) is 0 Å². The first kappa shape index (κ1) is 24.3. The Kier molecular flexibility index (Phi) is 8.44. The fourth-order valence-electron chi connectivity index (χ4n) is 3.20. The van der Waals surface area contributed by atoms with Crippen LogP contribution in [0, 0.1) is 6.92 Å². The summed E-state index contributed by atoms with van der Waals surface area (Å²) in [6, 6.07) is 9.22. The molecule has 2 heterocycles. The number of carbonyl (C=O) groups is 1. The number of nitrogens with one attached hydrogen (secondary N) is 1. The van der Waals surface area contributed by atoms with E-state index >= 15 is 0 Å². The normalized spacial score (nSPS) is 11.0. The predicted octanol–water partition coefficient (Wildman–Crippen LogP) is 1.16. The van der Waals surface area contributed by atoms with Gasteiger partial charge in [-0.05, 0) is 12.0 Å². The van der Waals surface area contributed by atoms with E-state index in [-0.39, 0.29) is 36.3 Å². The number of nitrogens with zero attached hydrogens (tertiary/aromatic N) is 4. The monoisotopic (exact) mass is 474 g/mol. The van der Waals surface area contributed by atoms with Crippen LogP contribution in [0.4, 0.5) is 11.5 Å². The van der Waals surface area contributed by atoms with Gasteiger partial charge in [-0.15, -0.1) is 11.8 Å². The number of thioether (sulfide) groups is 1. The maximum atomic E-state index is 13.1. The Morgan fingerprint density at radius 1 is 1.30 bits per heavy atom. The minimum absolute atomic E-state index is 0.0528. The molecule has 3 rings (SSSR count). The highest BCUT2D eigenvalue weighted by Crippen LogP contribution is 2.20. The molecule has 11 nitrogen and oxygen atoms in total. The molecular weight excluding hydrogens is 448 g/mol. The summed E-state index contributed by atoms with van der Waals surface area (Å²) in [5.41, 5.74) is 5.69. The highest BCUT2D eigenvalue weighted by Gasteiger charge is 2.24. The number of nitrogen functional groups attached to an aromatic ring is 1. The number of ether oxygens (including phenoxy) is 1. The number of carbonyl (C=O) groups excluding carboxylic acids is 1. The van der Waals surface area contributed by atoms with Crippen molar-refractivity contribution in [3.63, 3.8) is 0 Å². The molecule has 0 aliphatic carbocycles. The number of hydrogen-bond acceptors (Lipinski definition) is 9. The van der Waals surface area contributed by atoms with Gasteiger partial charge >= 0.3 is 5.69 Å². The van der Waals surface area contributed by atoms with E-state index in [1.165, 1.54) is 21.2 Å².